The van der Waals surface area contributed by atoms with Crippen LogP contribution in [0, 0.1) is 0 Å². The molecule has 20 rings (SSSR count). The fraction of sp³-hybridized carbons (Fsp3) is 0. The van der Waals surface area contributed by atoms with Gasteiger partial charge in [-0.15, -0.1) is 22.7 Å². The van der Waals surface area contributed by atoms with Crippen molar-refractivity contribution in [3.8, 4) is 44.8 Å². The number of rotatable bonds is 11. The maximum Gasteiger partial charge on any atom is 0.0728 e. The summed E-state index contributed by atoms with van der Waals surface area (Å²) in [6.07, 6.45) is 0. The number of hydrogen-bond donors (Lipinski definition) is 0. The van der Waals surface area contributed by atoms with E-state index in [4.69, 9.17) is 0 Å². The van der Waals surface area contributed by atoms with Gasteiger partial charge in [-0.2, -0.15) is 0 Å². The van der Waals surface area contributed by atoms with Gasteiger partial charge in [0.1, 0.15) is 0 Å². The maximum absolute atomic E-state index is 2.51. The minimum Gasteiger partial charge on any atom is -0.309 e. The fourth-order valence-corrected chi connectivity index (χ4v) is 18.3. The van der Waals surface area contributed by atoms with Gasteiger partial charge in [0.15, 0.2) is 0 Å². The molecular formula is C92H58N4S2. The first kappa shape index (κ1) is 56.1. The Morgan fingerprint density at radius 3 is 1.03 bits per heavy atom. The molecule has 4 aromatic heterocycles. The lowest BCUT2D eigenvalue weighted by atomic mass is 9.93. The molecule has 0 fully saturated rings. The first-order valence-corrected chi connectivity index (χ1v) is 35.1. The minimum atomic E-state index is 1.08. The van der Waals surface area contributed by atoms with Gasteiger partial charge in [0, 0.05) is 55.1 Å². The Hall–Kier alpha value is -12.3. The van der Waals surface area contributed by atoms with Gasteiger partial charge in [-0.05, 0) is 151 Å². The normalized spacial score (nSPS) is 11.9. The molecule has 458 valence electrons. The van der Waals surface area contributed by atoms with Crippen molar-refractivity contribution in [2.75, 3.05) is 9.80 Å². The molecule has 0 bridgehead atoms. The van der Waals surface area contributed by atoms with E-state index in [0.29, 0.717) is 0 Å². The lowest BCUT2D eigenvalue weighted by Gasteiger charge is -2.28. The molecule has 4 nitrogen and oxygen atoms in total. The molecule has 0 N–H and O–H groups in total. The fourth-order valence-electron chi connectivity index (χ4n) is 15.7. The molecule has 0 aliphatic rings. The van der Waals surface area contributed by atoms with E-state index < -0.39 is 0 Å². The third-order valence-corrected chi connectivity index (χ3v) is 22.6. The number of nitrogens with zero attached hydrogens (tertiary/aromatic N) is 4. The van der Waals surface area contributed by atoms with Crippen LogP contribution in [0.2, 0.25) is 0 Å². The predicted octanol–water partition coefficient (Wildman–Crippen LogP) is 26.9. The molecule has 0 amide bonds. The number of hydrogen-bond acceptors (Lipinski definition) is 4. The molecule has 0 atom stereocenters. The van der Waals surface area contributed by atoms with Gasteiger partial charge in [-0.25, -0.2) is 0 Å². The Morgan fingerprint density at radius 2 is 0.531 bits per heavy atom. The third kappa shape index (κ3) is 8.82. The summed E-state index contributed by atoms with van der Waals surface area (Å²) in [5, 5.41) is 14.7. The Balaban J connectivity index is 0.682. The van der Waals surface area contributed by atoms with Crippen molar-refractivity contribution in [1.82, 2.24) is 9.13 Å². The van der Waals surface area contributed by atoms with Crippen molar-refractivity contribution >= 4 is 162 Å². The zero-order valence-corrected chi connectivity index (χ0v) is 54.7. The second-order valence-corrected chi connectivity index (χ2v) is 27.5. The van der Waals surface area contributed by atoms with E-state index in [0.717, 1.165) is 51.1 Å². The van der Waals surface area contributed by atoms with E-state index in [1.165, 1.54) is 133 Å². The van der Waals surface area contributed by atoms with Crippen LogP contribution in [0.4, 0.5) is 34.1 Å². The molecular weight excluding hydrogens is 1230 g/mol. The molecule has 0 aliphatic heterocycles. The summed E-state index contributed by atoms with van der Waals surface area (Å²) >= 11 is 3.79. The Bertz CT molecular complexity index is 6460. The third-order valence-electron chi connectivity index (χ3n) is 20.1. The molecule has 0 aliphatic carbocycles. The number of anilines is 6. The first-order valence-electron chi connectivity index (χ1n) is 33.5. The van der Waals surface area contributed by atoms with Gasteiger partial charge in [0.05, 0.1) is 63.6 Å². The summed E-state index contributed by atoms with van der Waals surface area (Å²) in [5.41, 5.74) is 21.1. The van der Waals surface area contributed by atoms with Crippen LogP contribution in [0.25, 0.3) is 150 Å². The molecule has 0 saturated heterocycles. The topological polar surface area (TPSA) is 16.3 Å². The number of para-hydroxylation sites is 3. The summed E-state index contributed by atoms with van der Waals surface area (Å²) < 4.78 is 10.0. The molecule has 0 saturated carbocycles. The second kappa shape index (κ2) is 22.7. The lowest BCUT2D eigenvalue weighted by molar-refractivity contribution is 1.19. The van der Waals surface area contributed by atoms with E-state index in [1.54, 1.807) is 0 Å². The van der Waals surface area contributed by atoms with Crippen LogP contribution in [0.15, 0.2) is 352 Å². The standard InChI is InChI=1S/C92H58N4S2/c1-2-27-65(28-3-1)94-83-41-12-10-32-77(83)91-87(94)79-39-19-45-85(89(79)97-91)93(66-53-47-62(48-54-66)70-34-14-24-59-21-4-7-29-69(59)70)67-55-49-63(50-56-67)71-35-17-38-76-72(36-18-37-75(71)76)64-51-57-68(58-52-64)95-84-42-13-11-33-78(84)92-88(95)80-40-20-46-86(90(80)98-92)96(81-43-15-25-60-22-5-8-30-73(60)81)82-44-16-26-61-23-6-9-31-74(61)82/h1-58H. The molecule has 98 heavy (non-hydrogen) atoms. The van der Waals surface area contributed by atoms with Gasteiger partial charge < -0.3 is 18.9 Å². The van der Waals surface area contributed by atoms with Crippen LogP contribution in [0.5, 0.6) is 0 Å². The van der Waals surface area contributed by atoms with Crippen molar-refractivity contribution in [2.24, 2.45) is 0 Å². The van der Waals surface area contributed by atoms with Crippen LogP contribution in [0.1, 0.15) is 0 Å². The molecule has 0 unspecified atom stereocenters. The summed E-state index contributed by atoms with van der Waals surface area (Å²) in [6, 6.07) is 130. The van der Waals surface area contributed by atoms with Gasteiger partial charge in [-0.3, -0.25) is 0 Å². The maximum atomic E-state index is 2.51. The SMILES string of the molecule is c1ccc(-n2c3ccccc3c3sc4c(N(c5ccc(-c6cccc7ccccc67)cc5)c5ccc(-c6cccc7c(-c8ccc(-n9c%10ccccc%10c%10sc%11c(N(c%12cccc%13ccccc%12%13)c%12cccc%13ccccc%12%13)cccc%11c%109)cc8)cccc67)cc5)cccc4c32)cc1. The lowest BCUT2D eigenvalue weighted by Crippen LogP contribution is -2.11. The molecule has 0 spiro atoms. The highest BCUT2D eigenvalue weighted by Gasteiger charge is 2.27. The number of aromatic nitrogens is 2. The largest absolute Gasteiger partial charge is 0.309 e. The summed E-state index contributed by atoms with van der Waals surface area (Å²) in [4.78, 5) is 4.97. The average Bonchev–Trinajstić information content (AvgIpc) is 1.56. The van der Waals surface area contributed by atoms with Crippen LogP contribution < -0.4 is 9.80 Å². The summed E-state index contributed by atoms with van der Waals surface area (Å²) in [6.45, 7) is 0. The molecule has 0 radical (unpaired) electrons. The predicted molar refractivity (Wildman–Crippen MR) is 422 cm³/mol. The van der Waals surface area contributed by atoms with Crippen molar-refractivity contribution in [2.45, 2.75) is 0 Å². The Morgan fingerprint density at radius 1 is 0.204 bits per heavy atom. The quantitative estimate of drug-likeness (QED) is 0.128. The molecule has 16 aromatic carbocycles. The Kier molecular flexibility index (Phi) is 13.0. The van der Waals surface area contributed by atoms with Gasteiger partial charge in [0.2, 0.25) is 0 Å². The number of thiophene rings is 2. The molecule has 4 heterocycles. The average molecular weight is 1280 g/mol. The smallest absolute Gasteiger partial charge is 0.0728 e. The monoisotopic (exact) mass is 1280 g/mol. The van der Waals surface area contributed by atoms with Crippen LogP contribution in [0.3, 0.4) is 0 Å². The van der Waals surface area contributed by atoms with E-state index in [2.05, 4.69) is 371 Å². The molecule has 20 aromatic rings. The Labute approximate surface area is 573 Å². The van der Waals surface area contributed by atoms with Crippen molar-refractivity contribution in [1.29, 1.82) is 0 Å². The van der Waals surface area contributed by atoms with Crippen molar-refractivity contribution < 1.29 is 0 Å². The first-order chi connectivity index (χ1) is 48.6. The van der Waals surface area contributed by atoms with E-state index in [1.807, 2.05) is 22.7 Å². The molecule has 6 heteroatoms. The van der Waals surface area contributed by atoms with E-state index in [-0.39, 0.29) is 0 Å². The second-order valence-electron chi connectivity index (χ2n) is 25.4. The highest BCUT2D eigenvalue weighted by atomic mass is 32.1. The van der Waals surface area contributed by atoms with Crippen LogP contribution >= 0.6 is 22.7 Å². The van der Waals surface area contributed by atoms with Crippen molar-refractivity contribution in [3.05, 3.63) is 352 Å². The van der Waals surface area contributed by atoms with Gasteiger partial charge in [-0.1, -0.05) is 267 Å². The number of fused-ring (bicyclic) bond motifs is 14. The zero-order valence-electron chi connectivity index (χ0n) is 53.1. The van der Waals surface area contributed by atoms with Gasteiger partial charge in [0.25, 0.3) is 0 Å². The van der Waals surface area contributed by atoms with E-state index in [9.17, 15) is 0 Å². The highest BCUT2D eigenvalue weighted by molar-refractivity contribution is 7.27. The van der Waals surface area contributed by atoms with Gasteiger partial charge >= 0.3 is 0 Å². The van der Waals surface area contributed by atoms with Crippen LogP contribution in [-0.2, 0) is 0 Å². The van der Waals surface area contributed by atoms with Crippen molar-refractivity contribution in [3.63, 3.8) is 0 Å². The summed E-state index contributed by atoms with van der Waals surface area (Å²) in [7, 11) is 0. The van der Waals surface area contributed by atoms with E-state index >= 15 is 0 Å². The van der Waals surface area contributed by atoms with Crippen LogP contribution in [-0.4, -0.2) is 9.13 Å². The number of benzene rings is 16. The summed E-state index contributed by atoms with van der Waals surface area (Å²) in [5.74, 6) is 0. The highest BCUT2D eigenvalue weighted by Crippen LogP contribution is 2.53. The zero-order chi connectivity index (χ0) is 64.4. The minimum absolute atomic E-state index is 1.08.